The van der Waals surface area contributed by atoms with Gasteiger partial charge in [0.1, 0.15) is 0 Å². The van der Waals surface area contributed by atoms with Crippen molar-refractivity contribution in [3.8, 4) is 6.07 Å². The maximum Gasteiger partial charge on any atom is 0.0635 e. The fourth-order valence-corrected chi connectivity index (χ4v) is 1.71. The molecule has 94 valence electrons. The van der Waals surface area contributed by atoms with Crippen molar-refractivity contribution >= 4 is 0 Å². The first-order valence-electron chi connectivity index (χ1n) is 6.39. The predicted molar refractivity (Wildman–Crippen MR) is 69.3 cm³/mol. The van der Waals surface area contributed by atoms with E-state index in [2.05, 4.69) is 44.0 Å². The highest BCUT2D eigenvalue weighted by Gasteiger charge is 2.06. The minimum absolute atomic E-state index is 0.567. The van der Waals surface area contributed by atoms with E-state index < -0.39 is 0 Å². The van der Waals surface area contributed by atoms with Gasteiger partial charge in [0.2, 0.25) is 0 Å². The molecule has 0 unspecified atom stereocenters. The molecule has 0 bridgehead atoms. The van der Waals surface area contributed by atoms with Crippen LogP contribution >= 0.6 is 0 Å². The van der Waals surface area contributed by atoms with Crippen LogP contribution in [0, 0.1) is 17.2 Å². The third kappa shape index (κ3) is 9.95. The summed E-state index contributed by atoms with van der Waals surface area (Å²) in [6.07, 6.45) is 1.81. The normalized spacial score (nSPS) is 11.4. The fraction of sp³-hybridized carbons (Fsp3) is 0.923. The summed E-state index contributed by atoms with van der Waals surface area (Å²) in [4.78, 5) is 2.40. The van der Waals surface area contributed by atoms with Crippen LogP contribution in [0.4, 0.5) is 0 Å². The standard InChI is InChI=1S/C13H27N3/c1-12(2)11-16(9-5-7-14)10-6-8-15-13(3)4/h12-13,15H,5-6,8-11H2,1-4H3. The van der Waals surface area contributed by atoms with Crippen molar-refractivity contribution in [3.63, 3.8) is 0 Å². The van der Waals surface area contributed by atoms with Gasteiger partial charge < -0.3 is 10.2 Å². The van der Waals surface area contributed by atoms with Crippen molar-refractivity contribution in [2.45, 2.75) is 46.6 Å². The third-order valence-electron chi connectivity index (χ3n) is 2.37. The molecular formula is C13H27N3. The van der Waals surface area contributed by atoms with Crippen molar-refractivity contribution in [2.75, 3.05) is 26.2 Å². The molecule has 3 nitrogen and oxygen atoms in total. The van der Waals surface area contributed by atoms with Gasteiger partial charge in [-0.05, 0) is 25.4 Å². The Balaban J connectivity index is 3.69. The van der Waals surface area contributed by atoms with E-state index in [4.69, 9.17) is 5.26 Å². The summed E-state index contributed by atoms with van der Waals surface area (Å²) in [5, 5.41) is 12.0. The van der Waals surface area contributed by atoms with Crippen molar-refractivity contribution < 1.29 is 0 Å². The average molecular weight is 225 g/mol. The Morgan fingerprint density at radius 3 is 2.38 bits per heavy atom. The average Bonchev–Trinajstić information content (AvgIpc) is 2.19. The lowest BCUT2D eigenvalue weighted by Gasteiger charge is -2.23. The van der Waals surface area contributed by atoms with Gasteiger partial charge in [-0.2, -0.15) is 5.26 Å². The van der Waals surface area contributed by atoms with Crippen LogP contribution < -0.4 is 5.32 Å². The van der Waals surface area contributed by atoms with Gasteiger partial charge in [-0.15, -0.1) is 0 Å². The van der Waals surface area contributed by atoms with Crippen LogP contribution in [0.15, 0.2) is 0 Å². The molecule has 0 fully saturated rings. The van der Waals surface area contributed by atoms with Crippen LogP contribution in [0.2, 0.25) is 0 Å². The maximum atomic E-state index is 8.60. The Kier molecular flexibility index (Phi) is 9.27. The molecule has 0 aromatic heterocycles. The lowest BCUT2D eigenvalue weighted by atomic mass is 10.2. The van der Waals surface area contributed by atoms with E-state index in [1.54, 1.807) is 0 Å². The van der Waals surface area contributed by atoms with Crippen LogP contribution in [-0.4, -0.2) is 37.1 Å². The van der Waals surface area contributed by atoms with Crippen molar-refractivity contribution in [3.05, 3.63) is 0 Å². The second kappa shape index (κ2) is 9.62. The second-order valence-electron chi connectivity index (χ2n) is 5.06. The molecule has 0 aliphatic rings. The Bertz CT molecular complexity index is 194. The van der Waals surface area contributed by atoms with Crippen LogP contribution in [0.1, 0.15) is 40.5 Å². The summed E-state index contributed by atoms with van der Waals surface area (Å²) in [6.45, 7) is 13.0. The summed E-state index contributed by atoms with van der Waals surface area (Å²) >= 11 is 0. The fourth-order valence-electron chi connectivity index (χ4n) is 1.71. The number of nitriles is 1. The molecule has 3 heteroatoms. The van der Waals surface area contributed by atoms with Gasteiger partial charge in [0, 0.05) is 25.6 Å². The van der Waals surface area contributed by atoms with Gasteiger partial charge in [0.05, 0.1) is 6.07 Å². The van der Waals surface area contributed by atoms with Gasteiger partial charge in [0.25, 0.3) is 0 Å². The molecule has 0 radical (unpaired) electrons. The number of hydrogen-bond acceptors (Lipinski definition) is 3. The molecule has 16 heavy (non-hydrogen) atoms. The zero-order chi connectivity index (χ0) is 12.4. The summed E-state index contributed by atoms with van der Waals surface area (Å²) in [6, 6.07) is 2.79. The Labute approximate surface area is 101 Å². The van der Waals surface area contributed by atoms with E-state index in [0.717, 1.165) is 32.6 Å². The number of nitrogens with zero attached hydrogens (tertiary/aromatic N) is 2. The van der Waals surface area contributed by atoms with E-state index >= 15 is 0 Å². The first-order valence-corrected chi connectivity index (χ1v) is 6.39. The molecule has 0 spiro atoms. The molecule has 0 saturated carbocycles. The topological polar surface area (TPSA) is 39.1 Å². The summed E-state index contributed by atoms with van der Waals surface area (Å²) in [7, 11) is 0. The molecular weight excluding hydrogens is 198 g/mol. The molecule has 1 N–H and O–H groups in total. The summed E-state index contributed by atoms with van der Waals surface area (Å²) in [5.74, 6) is 0.678. The maximum absolute atomic E-state index is 8.60. The smallest absolute Gasteiger partial charge is 0.0635 e. The first-order chi connectivity index (χ1) is 7.56. The Morgan fingerprint density at radius 2 is 1.88 bits per heavy atom. The molecule has 0 aromatic carbocycles. The van der Waals surface area contributed by atoms with Crippen LogP contribution in [0.5, 0.6) is 0 Å². The van der Waals surface area contributed by atoms with Gasteiger partial charge >= 0.3 is 0 Å². The minimum Gasteiger partial charge on any atom is -0.314 e. The highest BCUT2D eigenvalue weighted by atomic mass is 15.1. The zero-order valence-corrected chi connectivity index (χ0v) is 11.3. The molecule has 0 aromatic rings. The largest absolute Gasteiger partial charge is 0.314 e. The first kappa shape index (κ1) is 15.4. The van der Waals surface area contributed by atoms with E-state index in [1.807, 2.05) is 0 Å². The lowest BCUT2D eigenvalue weighted by Crippen LogP contribution is -2.32. The molecule has 0 aliphatic carbocycles. The van der Waals surface area contributed by atoms with E-state index in [1.165, 1.54) is 0 Å². The van der Waals surface area contributed by atoms with Crippen molar-refractivity contribution in [1.82, 2.24) is 10.2 Å². The number of rotatable bonds is 9. The Hall–Kier alpha value is -0.590. The lowest BCUT2D eigenvalue weighted by molar-refractivity contribution is 0.245. The Morgan fingerprint density at radius 1 is 1.19 bits per heavy atom. The van der Waals surface area contributed by atoms with Gasteiger partial charge in [-0.1, -0.05) is 27.7 Å². The van der Waals surface area contributed by atoms with Gasteiger partial charge in [-0.3, -0.25) is 0 Å². The minimum atomic E-state index is 0.567. The van der Waals surface area contributed by atoms with Crippen LogP contribution in [0.25, 0.3) is 0 Å². The predicted octanol–water partition coefficient (Wildman–Crippen LogP) is 2.25. The quantitative estimate of drug-likeness (QED) is 0.612. The van der Waals surface area contributed by atoms with E-state index in [9.17, 15) is 0 Å². The van der Waals surface area contributed by atoms with E-state index in [-0.39, 0.29) is 0 Å². The summed E-state index contributed by atoms with van der Waals surface area (Å²) in [5.41, 5.74) is 0. The van der Waals surface area contributed by atoms with Gasteiger partial charge in [-0.25, -0.2) is 0 Å². The molecule has 0 aliphatic heterocycles. The molecule has 0 saturated heterocycles. The van der Waals surface area contributed by atoms with Crippen LogP contribution in [0.3, 0.4) is 0 Å². The molecule has 0 amide bonds. The highest BCUT2D eigenvalue weighted by molar-refractivity contribution is 4.73. The number of nitrogens with one attached hydrogen (secondary N) is 1. The third-order valence-corrected chi connectivity index (χ3v) is 2.37. The molecule has 0 heterocycles. The monoisotopic (exact) mass is 225 g/mol. The van der Waals surface area contributed by atoms with Crippen molar-refractivity contribution in [2.24, 2.45) is 5.92 Å². The molecule has 0 rings (SSSR count). The van der Waals surface area contributed by atoms with Crippen LogP contribution in [-0.2, 0) is 0 Å². The highest BCUT2D eigenvalue weighted by Crippen LogP contribution is 2.00. The number of hydrogen-bond donors (Lipinski definition) is 1. The zero-order valence-electron chi connectivity index (χ0n) is 11.3. The SMILES string of the molecule is CC(C)CN(CCC#N)CCCNC(C)C. The van der Waals surface area contributed by atoms with Crippen molar-refractivity contribution in [1.29, 1.82) is 5.26 Å². The molecule has 0 atom stereocenters. The second-order valence-corrected chi connectivity index (χ2v) is 5.06. The van der Waals surface area contributed by atoms with Gasteiger partial charge in [0.15, 0.2) is 0 Å². The summed E-state index contributed by atoms with van der Waals surface area (Å²) < 4.78 is 0. The van der Waals surface area contributed by atoms with E-state index in [0.29, 0.717) is 18.4 Å².